The predicted octanol–water partition coefficient (Wildman–Crippen LogP) is 2.26. The van der Waals surface area contributed by atoms with Crippen molar-refractivity contribution in [3.63, 3.8) is 0 Å². The lowest BCUT2D eigenvalue weighted by Gasteiger charge is -2.47. The molecule has 2 unspecified atom stereocenters. The van der Waals surface area contributed by atoms with Crippen molar-refractivity contribution < 1.29 is 4.74 Å². The third-order valence-corrected chi connectivity index (χ3v) is 4.34. The summed E-state index contributed by atoms with van der Waals surface area (Å²) in [5.41, 5.74) is 0.236. The van der Waals surface area contributed by atoms with Crippen LogP contribution in [0.1, 0.15) is 47.0 Å². The van der Waals surface area contributed by atoms with Gasteiger partial charge in [0.25, 0.3) is 0 Å². The third kappa shape index (κ3) is 3.69. The maximum atomic E-state index is 5.91. The molecule has 0 radical (unpaired) electrons. The quantitative estimate of drug-likeness (QED) is 0.836. The summed E-state index contributed by atoms with van der Waals surface area (Å²) < 4.78 is 5.91. The van der Waals surface area contributed by atoms with Crippen LogP contribution in [0.15, 0.2) is 0 Å². The Kier molecular flexibility index (Phi) is 4.68. The number of ether oxygens (including phenoxy) is 1. The van der Waals surface area contributed by atoms with Crippen LogP contribution in [0, 0.1) is 5.92 Å². The van der Waals surface area contributed by atoms with Crippen LogP contribution in [0.5, 0.6) is 0 Å². The first-order valence-electron chi connectivity index (χ1n) is 7.58. The molecule has 2 aliphatic rings. The van der Waals surface area contributed by atoms with Gasteiger partial charge in [-0.05, 0) is 39.0 Å². The van der Waals surface area contributed by atoms with Crippen molar-refractivity contribution in [3.8, 4) is 0 Å². The number of nitrogens with one attached hydrogen (secondary N) is 1. The molecule has 0 aliphatic carbocycles. The fraction of sp³-hybridized carbons (Fsp3) is 1.00. The van der Waals surface area contributed by atoms with Crippen LogP contribution >= 0.6 is 0 Å². The van der Waals surface area contributed by atoms with Gasteiger partial charge in [-0.3, -0.25) is 4.90 Å². The van der Waals surface area contributed by atoms with Gasteiger partial charge in [-0.25, -0.2) is 0 Å². The summed E-state index contributed by atoms with van der Waals surface area (Å²) in [5, 5.41) is 3.67. The SMILES string of the molecule is CC(C)C1CNC(C)(C)CN1CC1CCCCO1. The smallest absolute Gasteiger partial charge is 0.0702 e. The Bertz CT molecular complexity index is 259. The summed E-state index contributed by atoms with van der Waals surface area (Å²) in [6.45, 7) is 13.6. The first-order chi connectivity index (χ1) is 8.48. The number of nitrogens with zero attached hydrogens (tertiary/aromatic N) is 1. The van der Waals surface area contributed by atoms with Gasteiger partial charge >= 0.3 is 0 Å². The molecule has 0 spiro atoms. The van der Waals surface area contributed by atoms with Gasteiger partial charge in [-0.2, -0.15) is 0 Å². The van der Waals surface area contributed by atoms with Crippen LogP contribution in [0.2, 0.25) is 0 Å². The summed E-state index contributed by atoms with van der Waals surface area (Å²) in [7, 11) is 0. The molecule has 0 bridgehead atoms. The molecule has 0 amide bonds. The van der Waals surface area contributed by atoms with Crippen molar-refractivity contribution >= 4 is 0 Å². The minimum atomic E-state index is 0.236. The van der Waals surface area contributed by atoms with E-state index < -0.39 is 0 Å². The lowest BCUT2D eigenvalue weighted by Crippen LogP contribution is -2.64. The maximum absolute atomic E-state index is 5.91. The molecule has 2 aliphatic heterocycles. The van der Waals surface area contributed by atoms with Gasteiger partial charge in [-0.15, -0.1) is 0 Å². The number of piperazine rings is 1. The fourth-order valence-corrected chi connectivity index (χ4v) is 3.26. The molecular weight excluding hydrogens is 224 g/mol. The molecular formula is C15H30N2O. The molecule has 106 valence electrons. The maximum Gasteiger partial charge on any atom is 0.0702 e. The molecule has 0 saturated carbocycles. The second-order valence-corrected chi connectivity index (χ2v) is 6.99. The Morgan fingerprint density at radius 1 is 1.33 bits per heavy atom. The molecule has 2 saturated heterocycles. The topological polar surface area (TPSA) is 24.5 Å². The zero-order chi connectivity index (χ0) is 13.2. The number of rotatable bonds is 3. The fourth-order valence-electron chi connectivity index (χ4n) is 3.26. The Morgan fingerprint density at radius 2 is 2.11 bits per heavy atom. The van der Waals surface area contributed by atoms with E-state index in [0.717, 1.165) is 26.2 Å². The third-order valence-electron chi connectivity index (χ3n) is 4.34. The van der Waals surface area contributed by atoms with Gasteiger partial charge in [0.05, 0.1) is 6.10 Å². The molecule has 3 heteroatoms. The van der Waals surface area contributed by atoms with Crippen molar-refractivity contribution in [2.45, 2.75) is 64.6 Å². The Balaban J connectivity index is 1.95. The molecule has 18 heavy (non-hydrogen) atoms. The van der Waals surface area contributed by atoms with Crippen molar-refractivity contribution in [2.24, 2.45) is 5.92 Å². The lowest BCUT2D eigenvalue weighted by atomic mass is 9.92. The van der Waals surface area contributed by atoms with Crippen molar-refractivity contribution in [2.75, 3.05) is 26.2 Å². The van der Waals surface area contributed by atoms with Crippen LogP contribution in [-0.2, 0) is 4.74 Å². The molecule has 2 rings (SSSR count). The molecule has 3 nitrogen and oxygen atoms in total. The van der Waals surface area contributed by atoms with E-state index in [2.05, 4.69) is 37.9 Å². The zero-order valence-electron chi connectivity index (χ0n) is 12.5. The zero-order valence-corrected chi connectivity index (χ0v) is 12.5. The second kappa shape index (κ2) is 5.89. The molecule has 0 aromatic carbocycles. The monoisotopic (exact) mass is 254 g/mol. The van der Waals surface area contributed by atoms with Crippen LogP contribution in [-0.4, -0.2) is 48.8 Å². The first kappa shape index (κ1) is 14.3. The summed E-state index contributed by atoms with van der Waals surface area (Å²) in [5.74, 6) is 0.706. The molecule has 0 aromatic heterocycles. The summed E-state index contributed by atoms with van der Waals surface area (Å²) in [6.07, 6.45) is 4.30. The molecule has 2 heterocycles. The highest BCUT2D eigenvalue weighted by Crippen LogP contribution is 2.23. The van der Waals surface area contributed by atoms with Gasteiger partial charge in [0.1, 0.15) is 0 Å². The van der Waals surface area contributed by atoms with Crippen molar-refractivity contribution in [3.05, 3.63) is 0 Å². The van der Waals surface area contributed by atoms with E-state index in [1.54, 1.807) is 0 Å². The van der Waals surface area contributed by atoms with Crippen molar-refractivity contribution in [1.29, 1.82) is 0 Å². The Morgan fingerprint density at radius 3 is 2.72 bits per heavy atom. The van der Waals surface area contributed by atoms with Crippen molar-refractivity contribution in [1.82, 2.24) is 10.2 Å². The van der Waals surface area contributed by atoms with Gasteiger partial charge in [0, 0.05) is 37.8 Å². The Labute approximate surface area is 112 Å². The van der Waals surface area contributed by atoms with E-state index >= 15 is 0 Å². The largest absolute Gasteiger partial charge is 0.377 e. The standard InChI is InChI=1S/C15H30N2O/c1-12(2)14-9-16-15(3,4)11-17(14)10-13-7-5-6-8-18-13/h12-14,16H,5-11H2,1-4H3. The van der Waals surface area contributed by atoms with Crippen LogP contribution < -0.4 is 5.32 Å². The summed E-state index contributed by atoms with van der Waals surface area (Å²) >= 11 is 0. The van der Waals surface area contributed by atoms with E-state index in [-0.39, 0.29) is 5.54 Å². The van der Waals surface area contributed by atoms with E-state index in [1.165, 1.54) is 19.3 Å². The normalized spacial score (nSPS) is 33.8. The van der Waals surface area contributed by atoms with Crippen LogP contribution in [0.3, 0.4) is 0 Å². The highest BCUT2D eigenvalue weighted by Gasteiger charge is 2.35. The predicted molar refractivity (Wildman–Crippen MR) is 75.9 cm³/mol. The number of hydrogen-bond donors (Lipinski definition) is 1. The van der Waals surface area contributed by atoms with Gasteiger partial charge in [-0.1, -0.05) is 13.8 Å². The second-order valence-electron chi connectivity index (χ2n) is 6.99. The van der Waals surface area contributed by atoms with E-state index in [9.17, 15) is 0 Å². The minimum absolute atomic E-state index is 0.236. The molecule has 1 N–H and O–H groups in total. The van der Waals surface area contributed by atoms with E-state index in [4.69, 9.17) is 4.74 Å². The molecule has 2 fully saturated rings. The molecule has 2 atom stereocenters. The van der Waals surface area contributed by atoms with Gasteiger partial charge < -0.3 is 10.1 Å². The van der Waals surface area contributed by atoms with E-state index in [1.807, 2.05) is 0 Å². The summed E-state index contributed by atoms with van der Waals surface area (Å²) in [6, 6.07) is 0.656. The lowest BCUT2D eigenvalue weighted by molar-refractivity contribution is -0.0330. The van der Waals surface area contributed by atoms with E-state index in [0.29, 0.717) is 18.1 Å². The van der Waals surface area contributed by atoms with Gasteiger partial charge in [0.15, 0.2) is 0 Å². The number of hydrogen-bond acceptors (Lipinski definition) is 3. The first-order valence-corrected chi connectivity index (χ1v) is 7.58. The molecule has 0 aromatic rings. The van der Waals surface area contributed by atoms with Gasteiger partial charge in [0.2, 0.25) is 0 Å². The highest BCUT2D eigenvalue weighted by molar-refractivity contribution is 4.94. The minimum Gasteiger partial charge on any atom is -0.377 e. The average Bonchev–Trinajstić information content (AvgIpc) is 2.28. The Hall–Kier alpha value is -0.120. The summed E-state index contributed by atoms with van der Waals surface area (Å²) in [4.78, 5) is 2.66. The van der Waals surface area contributed by atoms with Crippen LogP contribution in [0.25, 0.3) is 0 Å². The average molecular weight is 254 g/mol. The van der Waals surface area contributed by atoms with Crippen LogP contribution in [0.4, 0.5) is 0 Å². The highest BCUT2D eigenvalue weighted by atomic mass is 16.5.